The highest BCUT2D eigenvalue weighted by Crippen LogP contribution is 2.31. The normalized spacial score (nSPS) is 18.6. The summed E-state index contributed by atoms with van der Waals surface area (Å²) in [6.07, 6.45) is 6.08. The summed E-state index contributed by atoms with van der Waals surface area (Å²) < 4.78 is 18.9. The number of hydrogen-bond acceptors (Lipinski definition) is 5. The van der Waals surface area contributed by atoms with Crippen molar-refractivity contribution in [3.63, 3.8) is 0 Å². The summed E-state index contributed by atoms with van der Waals surface area (Å²) in [7, 11) is 0. The van der Waals surface area contributed by atoms with Crippen LogP contribution in [0.1, 0.15) is 12.8 Å². The van der Waals surface area contributed by atoms with E-state index in [0.29, 0.717) is 11.6 Å². The topological polar surface area (TPSA) is 41.5 Å². The Labute approximate surface area is 141 Å². The number of benzene rings is 1. The van der Waals surface area contributed by atoms with Gasteiger partial charge < -0.3 is 9.64 Å². The maximum atomic E-state index is 13.0. The third kappa shape index (κ3) is 3.64. The average molecular weight is 328 g/mol. The van der Waals surface area contributed by atoms with Crippen LogP contribution in [-0.4, -0.2) is 47.6 Å². The summed E-state index contributed by atoms with van der Waals surface area (Å²) in [6.45, 7) is 5.16. The summed E-state index contributed by atoms with van der Waals surface area (Å²) in [4.78, 5) is 13.5. The molecule has 0 radical (unpaired) electrons. The number of ether oxygens (including phenoxy) is 1. The van der Waals surface area contributed by atoms with Gasteiger partial charge in [0.05, 0.1) is 0 Å². The van der Waals surface area contributed by atoms with Crippen molar-refractivity contribution < 1.29 is 9.13 Å². The first kappa shape index (κ1) is 15.3. The van der Waals surface area contributed by atoms with E-state index in [0.717, 1.165) is 37.9 Å². The molecular weight excluding hydrogens is 307 g/mol. The highest BCUT2D eigenvalue weighted by molar-refractivity contribution is 5.50. The van der Waals surface area contributed by atoms with Gasteiger partial charge in [-0.2, -0.15) is 0 Å². The molecule has 0 spiro atoms. The van der Waals surface area contributed by atoms with Crippen LogP contribution in [0.15, 0.2) is 36.7 Å². The highest BCUT2D eigenvalue weighted by Gasteiger charge is 2.27. The van der Waals surface area contributed by atoms with Crippen LogP contribution in [0.25, 0.3) is 0 Å². The van der Waals surface area contributed by atoms with Gasteiger partial charge in [-0.05, 0) is 43.0 Å². The van der Waals surface area contributed by atoms with Crippen LogP contribution in [-0.2, 0) is 0 Å². The molecule has 0 amide bonds. The molecule has 24 heavy (non-hydrogen) atoms. The molecular formula is C18H21FN4O. The first-order valence-corrected chi connectivity index (χ1v) is 8.50. The standard InChI is InChI=1S/C18H21FN4O/c19-15-3-5-16(6-4-15)24-18-17(20-7-8-21-18)23-11-9-22(10-12-23)13-14-1-2-14/h3-8,14H,1-2,9-13H2. The van der Waals surface area contributed by atoms with Gasteiger partial charge in [0.25, 0.3) is 5.88 Å². The maximum absolute atomic E-state index is 13.0. The first-order valence-electron chi connectivity index (χ1n) is 8.50. The fourth-order valence-electron chi connectivity index (χ4n) is 3.03. The zero-order chi connectivity index (χ0) is 16.4. The fourth-order valence-corrected chi connectivity index (χ4v) is 3.03. The summed E-state index contributed by atoms with van der Waals surface area (Å²) in [5.74, 6) is 2.43. The molecule has 0 unspecified atom stereocenters. The second kappa shape index (κ2) is 6.73. The lowest BCUT2D eigenvalue weighted by Crippen LogP contribution is -2.47. The van der Waals surface area contributed by atoms with Crippen LogP contribution in [0.2, 0.25) is 0 Å². The Morgan fingerprint density at radius 3 is 2.42 bits per heavy atom. The Morgan fingerprint density at radius 1 is 1.00 bits per heavy atom. The lowest BCUT2D eigenvalue weighted by Gasteiger charge is -2.35. The molecule has 5 nitrogen and oxygen atoms in total. The van der Waals surface area contributed by atoms with E-state index in [1.54, 1.807) is 24.5 Å². The number of aromatic nitrogens is 2. The SMILES string of the molecule is Fc1ccc(Oc2nccnc2N2CCN(CC3CC3)CC2)cc1. The number of rotatable bonds is 5. The lowest BCUT2D eigenvalue weighted by atomic mass is 10.3. The predicted molar refractivity (Wildman–Crippen MR) is 89.9 cm³/mol. The van der Waals surface area contributed by atoms with Crippen molar-refractivity contribution in [2.45, 2.75) is 12.8 Å². The average Bonchev–Trinajstić information content (AvgIpc) is 3.42. The van der Waals surface area contributed by atoms with Crippen LogP contribution in [0.3, 0.4) is 0 Å². The molecule has 0 bridgehead atoms. The molecule has 4 rings (SSSR count). The third-order valence-electron chi connectivity index (χ3n) is 4.56. The van der Waals surface area contributed by atoms with Crippen LogP contribution >= 0.6 is 0 Å². The van der Waals surface area contributed by atoms with Gasteiger partial charge in [-0.25, -0.2) is 14.4 Å². The smallest absolute Gasteiger partial charge is 0.263 e. The van der Waals surface area contributed by atoms with Crippen LogP contribution in [0.4, 0.5) is 10.2 Å². The van der Waals surface area contributed by atoms with E-state index in [9.17, 15) is 4.39 Å². The van der Waals surface area contributed by atoms with Crippen molar-refractivity contribution in [3.8, 4) is 11.6 Å². The zero-order valence-corrected chi connectivity index (χ0v) is 13.6. The van der Waals surface area contributed by atoms with Crippen LogP contribution in [0, 0.1) is 11.7 Å². The minimum absolute atomic E-state index is 0.284. The quantitative estimate of drug-likeness (QED) is 0.844. The molecule has 0 N–H and O–H groups in total. The number of piperazine rings is 1. The van der Waals surface area contributed by atoms with Crippen molar-refractivity contribution >= 4 is 5.82 Å². The van der Waals surface area contributed by atoms with Crippen molar-refractivity contribution in [3.05, 3.63) is 42.5 Å². The number of hydrogen-bond donors (Lipinski definition) is 0. The van der Waals surface area contributed by atoms with E-state index in [1.165, 1.54) is 31.5 Å². The first-order chi connectivity index (χ1) is 11.8. The Morgan fingerprint density at radius 2 is 1.71 bits per heavy atom. The van der Waals surface area contributed by atoms with E-state index in [2.05, 4.69) is 19.8 Å². The van der Waals surface area contributed by atoms with Gasteiger partial charge in [-0.15, -0.1) is 0 Å². The molecule has 2 aromatic rings. The Kier molecular flexibility index (Phi) is 4.30. The van der Waals surface area contributed by atoms with E-state index >= 15 is 0 Å². The minimum Gasteiger partial charge on any atom is -0.436 e. The third-order valence-corrected chi connectivity index (χ3v) is 4.56. The Balaban J connectivity index is 1.44. The maximum Gasteiger partial charge on any atom is 0.263 e. The van der Waals surface area contributed by atoms with Crippen molar-refractivity contribution in [1.82, 2.24) is 14.9 Å². The van der Waals surface area contributed by atoms with Gasteiger partial charge >= 0.3 is 0 Å². The number of nitrogens with zero attached hydrogens (tertiary/aromatic N) is 4. The molecule has 1 aromatic heterocycles. The molecule has 2 heterocycles. The van der Waals surface area contributed by atoms with Crippen molar-refractivity contribution in [1.29, 1.82) is 0 Å². The molecule has 1 aliphatic heterocycles. The second-order valence-corrected chi connectivity index (χ2v) is 6.47. The molecule has 1 aromatic carbocycles. The molecule has 6 heteroatoms. The minimum atomic E-state index is -0.284. The van der Waals surface area contributed by atoms with E-state index < -0.39 is 0 Å². The lowest BCUT2D eigenvalue weighted by molar-refractivity contribution is 0.247. The predicted octanol–water partition coefficient (Wildman–Crippen LogP) is 2.94. The second-order valence-electron chi connectivity index (χ2n) is 6.47. The van der Waals surface area contributed by atoms with E-state index in [-0.39, 0.29) is 5.82 Å². The summed E-state index contributed by atoms with van der Waals surface area (Å²) in [5.41, 5.74) is 0. The van der Waals surface area contributed by atoms with Crippen LogP contribution < -0.4 is 9.64 Å². The van der Waals surface area contributed by atoms with Gasteiger partial charge in [-0.3, -0.25) is 4.90 Å². The van der Waals surface area contributed by atoms with Gasteiger partial charge in [0.1, 0.15) is 11.6 Å². The number of halogens is 1. The zero-order valence-electron chi connectivity index (χ0n) is 13.6. The molecule has 126 valence electrons. The fraction of sp³-hybridized carbons (Fsp3) is 0.444. The molecule has 1 saturated heterocycles. The Hall–Kier alpha value is -2.21. The summed E-state index contributed by atoms with van der Waals surface area (Å²) in [5, 5.41) is 0. The molecule has 0 atom stereocenters. The monoisotopic (exact) mass is 328 g/mol. The van der Waals surface area contributed by atoms with Gasteiger partial charge in [0.2, 0.25) is 0 Å². The summed E-state index contributed by atoms with van der Waals surface area (Å²) >= 11 is 0. The van der Waals surface area contributed by atoms with Crippen molar-refractivity contribution in [2.24, 2.45) is 5.92 Å². The molecule has 2 fully saturated rings. The van der Waals surface area contributed by atoms with Gasteiger partial charge in [-0.1, -0.05) is 0 Å². The highest BCUT2D eigenvalue weighted by atomic mass is 19.1. The largest absolute Gasteiger partial charge is 0.436 e. The summed E-state index contributed by atoms with van der Waals surface area (Å²) in [6, 6.07) is 5.95. The van der Waals surface area contributed by atoms with Crippen molar-refractivity contribution in [2.75, 3.05) is 37.6 Å². The van der Waals surface area contributed by atoms with Gasteiger partial charge in [0, 0.05) is 45.1 Å². The van der Waals surface area contributed by atoms with E-state index in [4.69, 9.17) is 4.74 Å². The van der Waals surface area contributed by atoms with Crippen LogP contribution in [0.5, 0.6) is 11.6 Å². The molecule has 1 saturated carbocycles. The van der Waals surface area contributed by atoms with E-state index in [1.807, 2.05) is 0 Å². The molecule has 2 aliphatic rings. The number of anilines is 1. The Bertz CT molecular complexity index is 682. The molecule has 1 aliphatic carbocycles. The van der Waals surface area contributed by atoms with Gasteiger partial charge in [0.15, 0.2) is 5.82 Å².